The molecule has 1 aromatic carbocycles. The fourth-order valence-corrected chi connectivity index (χ4v) is 4.14. The van der Waals surface area contributed by atoms with Crippen LogP contribution in [-0.2, 0) is 25.6 Å². The van der Waals surface area contributed by atoms with Crippen LogP contribution >= 0.6 is 0 Å². The fourth-order valence-electron chi connectivity index (χ4n) is 3.80. The highest BCUT2D eigenvalue weighted by Gasteiger charge is 2.25. The van der Waals surface area contributed by atoms with Crippen molar-refractivity contribution in [1.29, 1.82) is 0 Å². The van der Waals surface area contributed by atoms with E-state index in [1.807, 2.05) is 12.1 Å². The number of fused-ring (bicyclic) bond motifs is 2. The molecule has 3 aromatic rings. The fraction of sp³-hybridized carbons (Fsp3) is 0.421. The molecule has 166 valence electrons. The molecule has 0 unspecified atom stereocenters. The van der Waals surface area contributed by atoms with Gasteiger partial charge in [-0.25, -0.2) is 20.1 Å². The molecule has 0 bridgehead atoms. The second-order valence-electron chi connectivity index (χ2n) is 7.33. The average Bonchev–Trinajstić information content (AvgIpc) is 3.35. The molecule has 31 heavy (non-hydrogen) atoms. The number of ether oxygens (including phenoxy) is 1. The van der Waals surface area contributed by atoms with E-state index in [2.05, 4.69) is 36.6 Å². The van der Waals surface area contributed by atoms with Crippen LogP contribution in [0.2, 0.25) is 0 Å². The maximum Gasteiger partial charge on any atom is 0.333 e. The minimum absolute atomic E-state index is 0.0419. The first kappa shape index (κ1) is 21.6. The smallest absolute Gasteiger partial charge is 0.333 e. The van der Waals surface area contributed by atoms with E-state index in [1.165, 1.54) is 35.5 Å². The molecule has 0 aliphatic heterocycles. The van der Waals surface area contributed by atoms with Gasteiger partial charge in [-0.15, -0.1) is 0 Å². The molecule has 3 atom stereocenters. The highest BCUT2D eigenvalue weighted by molar-refractivity contribution is 7.84. The number of nitrogens with zero attached hydrogens (tertiary/aromatic N) is 4. The number of hydrogen-bond donors (Lipinski definition) is 3. The van der Waals surface area contributed by atoms with Gasteiger partial charge in [0.05, 0.1) is 25.1 Å². The topological polar surface area (TPSA) is 154 Å². The van der Waals surface area contributed by atoms with Crippen LogP contribution in [0.25, 0.3) is 11.2 Å². The van der Waals surface area contributed by atoms with Crippen molar-refractivity contribution in [3.05, 3.63) is 48.0 Å². The molecule has 12 heteroatoms. The zero-order valence-electron chi connectivity index (χ0n) is 16.9. The standard InChI is InChI=1S/C19H24N6O5S/c1-29-13(9-30-31(20,27)28)8-16(26)25-11-23-17-18(21-10-22-19(17)25)24-15-7-6-12-4-2-3-5-14(12)15/h2-5,10-11,13,15-16,26H,6-9H2,1H3,(H2,20,27,28)(H,21,22,24)/t13-,15-,16+/m0/s1. The van der Waals surface area contributed by atoms with E-state index in [0.29, 0.717) is 17.0 Å². The van der Waals surface area contributed by atoms with Gasteiger partial charge in [-0.3, -0.25) is 8.75 Å². The van der Waals surface area contributed by atoms with Gasteiger partial charge in [0.25, 0.3) is 0 Å². The second kappa shape index (κ2) is 8.85. The molecule has 0 radical (unpaired) electrons. The summed E-state index contributed by atoms with van der Waals surface area (Å²) < 4.78 is 33.2. The minimum Gasteiger partial charge on any atom is -0.379 e. The van der Waals surface area contributed by atoms with Crippen molar-refractivity contribution >= 4 is 27.3 Å². The Balaban J connectivity index is 1.52. The van der Waals surface area contributed by atoms with Crippen LogP contribution in [0.15, 0.2) is 36.9 Å². The van der Waals surface area contributed by atoms with Gasteiger partial charge in [-0.1, -0.05) is 24.3 Å². The number of hydrogen-bond acceptors (Lipinski definition) is 9. The number of aliphatic hydroxyl groups excluding tert-OH is 1. The van der Waals surface area contributed by atoms with Gasteiger partial charge in [0.15, 0.2) is 17.0 Å². The lowest BCUT2D eigenvalue weighted by atomic mass is 10.1. The summed E-state index contributed by atoms with van der Waals surface area (Å²) >= 11 is 0. The Hall–Kier alpha value is -2.64. The zero-order valence-corrected chi connectivity index (χ0v) is 17.7. The second-order valence-corrected chi connectivity index (χ2v) is 8.55. The van der Waals surface area contributed by atoms with Crippen molar-refractivity contribution in [2.24, 2.45) is 5.14 Å². The molecule has 2 aromatic heterocycles. The lowest BCUT2D eigenvalue weighted by Crippen LogP contribution is -2.27. The van der Waals surface area contributed by atoms with Gasteiger partial charge in [-0.2, -0.15) is 8.42 Å². The third-order valence-electron chi connectivity index (χ3n) is 5.35. The molecule has 1 aliphatic rings. The molecular formula is C19H24N6O5S. The Morgan fingerprint density at radius 2 is 2.13 bits per heavy atom. The minimum atomic E-state index is -4.10. The third-order valence-corrected chi connectivity index (χ3v) is 5.81. The van der Waals surface area contributed by atoms with E-state index < -0.39 is 22.6 Å². The predicted octanol–water partition coefficient (Wildman–Crippen LogP) is 1.04. The number of benzene rings is 1. The van der Waals surface area contributed by atoms with Crippen LogP contribution in [0.3, 0.4) is 0 Å². The molecule has 0 saturated carbocycles. The summed E-state index contributed by atoms with van der Waals surface area (Å²) in [4.78, 5) is 13.0. The summed E-state index contributed by atoms with van der Waals surface area (Å²) in [5.41, 5.74) is 3.53. The maximum atomic E-state index is 11.0. The van der Waals surface area contributed by atoms with Crippen LogP contribution < -0.4 is 10.5 Å². The number of anilines is 1. The lowest BCUT2D eigenvalue weighted by Gasteiger charge is -2.19. The summed E-state index contributed by atoms with van der Waals surface area (Å²) in [6.45, 7) is -0.318. The quantitative estimate of drug-likeness (QED) is 0.435. The number of imidazole rings is 1. The number of nitrogens with two attached hydrogens (primary N) is 1. The Bertz CT molecular complexity index is 1170. The third kappa shape index (κ3) is 4.83. The van der Waals surface area contributed by atoms with Gasteiger partial charge in [-0.05, 0) is 24.0 Å². The summed E-state index contributed by atoms with van der Waals surface area (Å²) in [6, 6.07) is 8.41. The van der Waals surface area contributed by atoms with Crippen LogP contribution in [0.5, 0.6) is 0 Å². The number of nitrogens with one attached hydrogen (secondary N) is 1. The molecule has 11 nitrogen and oxygen atoms in total. The van der Waals surface area contributed by atoms with E-state index in [0.717, 1.165) is 12.8 Å². The van der Waals surface area contributed by atoms with Crippen LogP contribution in [0.4, 0.5) is 5.82 Å². The number of aryl methyl sites for hydroxylation is 1. The maximum absolute atomic E-state index is 11.0. The SMILES string of the molecule is CO[C@H](COS(N)(=O)=O)C[C@@H](O)n1cnc2c(N[C@H]3CCc4ccccc43)ncnc21. The first-order valence-corrected chi connectivity index (χ1v) is 11.2. The molecule has 4 rings (SSSR count). The number of aromatic nitrogens is 4. The molecule has 4 N–H and O–H groups in total. The summed E-state index contributed by atoms with van der Waals surface area (Å²) in [6.07, 6.45) is 3.08. The Labute approximate surface area is 179 Å². The van der Waals surface area contributed by atoms with Crippen molar-refractivity contribution in [3.8, 4) is 0 Å². The van der Waals surface area contributed by atoms with Crippen molar-refractivity contribution in [2.75, 3.05) is 19.0 Å². The number of rotatable bonds is 9. The summed E-state index contributed by atoms with van der Waals surface area (Å²) in [7, 11) is -2.71. The lowest BCUT2D eigenvalue weighted by molar-refractivity contribution is -0.00500. The first-order valence-electron chi connectivity index (χ1n) is 9.75. The molecular weight excluding hydrogens is 424 g/mol. The highest BCUT2D eigenvalue weighted by atomic mass is 32.2. The monoisotopic (exact) mass is 448 g/mol. The summed E-state index contributed by atoms with van der Waals surface area (Å²) in [5.74, 6) is 0.582. The van der Waals surface area contributed by atoms with Crippen molar-refractivity contribution in [3.63, 3.8) is 0 Å². The van der Waals surface area contributed by atoms with Gasteiger partial charge in [0.1, 0.15) is 12.6 Å². The van der Waals surface area contributed by atoms with Gasteiger partial charge < -0.3 is 15.2 Å². The molecule has 1 aliphatic carbocycles. The normalized spacial score (nSPS) is 18.1. The molecule has 0 saturated heterocycles. The first-order chi connectivity index (χ1) is 14.9. The van der Waals surface area contributed by atoms with Gasteiger partial charge in [0.2, 0.25) is 0 Å². The van der Waals surface area contributed by atoms with E-state index in [-0.39, 0.29) is 19.1 Å². The van der Waals surface area contributed by atoms with Gasteiger partial charge >= 0.3 is 10.3 Å². The zero-order chi connectivity index (χ0) is 22.0. The van der Waals surface area contributed by atoms with Crippen molar-refractivity contribution < 1.29 is 22.4 Å². The van der Waals surface area contributed by atoms with E-state index in [4.69, 9.17) is 9.88 Å². The van der Waals surface area contributed by atoms with Crippen molar-refractivity contribution in [1.82, 2.24) is 19.5 Å². The predicted molar refractivity (Wildman–Crippen MR) is 112 cm³/mol. The van der Waals surface area contributed by atoms with E-state index in [1.54, 1.807) is 0 Å². The van der Waals surface area contributed by atoms with E-state index >= 15 is 0 Å². The van der Waals surface area contributed by atoms with Crippen molar-refractivity contribution in [2.45, 2.75) is 37.6 Å². The summed E-state index contributed by atoms with van der Waals surface area (Å²) in [5, 5.41) is 19.0. The average molecular weight is 449 g/mol. The number of methoxy groups -OCH3 is 1. The number of aliphatic hydroxyl groups is 1. The Morgan fingerprint density at radius 3 is 2.90 bits per heavy atom. The van der Waals surface area contributed by atoms with Gasteiger partial charge in [0, 0.05) is 13.5 Å². The van der Waals surface area contributed by atoms with E-state index in [9.17, 15) is 13.5 Å². The largest absolute Gasteiger partial charge is 0.379 e. The van der Waals surface area contributed by atoms with Crippen LogP contribution in [-0.4, -0.2) is 52.9 Å². The van der Waals surface area contributed by atoms with Crippen LogP contribution in [0.1, 0.15) is 36.2 Å². The molecule has 2 heterocycles. The molecule has 0 amide bonds. The molecule has 0 spiro atoms. The van der Waals surface area contributed by atoms with Crippen LogP contribution in [0, 0.1) is 0 Å². The molecule has 0 fully saturated rings. The Morgan fingerprint density at radius 1 is 1.32 bits per heavy atom. The highest BCUT2D eigenvalue weighted by Crippen LogP contribution is 2.34. The Kier molecular flexibility index (Phi) is 6.16.